The van der Waals surface area contributed by atoms with Gasteiger partial charge in [0.2, 0.25) is 0 Å². The highest BCUT2D eigenvalue weighted by atomic mass is 19.3. The number of hydrogen-bond acceptors (Lipinski definition) is 4. The first-order valence-corrected chi connectivity index (χ1v) is 4.15. The number of Topliss-reactive ketones (excluding diaryl/α,β-unsaturated/α-hetero) is 1. The van der Waals surface area contributed by atoms with Gasteiger partial charge in [0.15, 0.2) is 5.78 Å². The van der Waals surface area contributed by atoms with Gasteiger partial charge >= 0.3 is 0 Å². The molecule has 0 saturated heterocycles. The van der Waals surface area contributed by atoms with Crippen LogP contribution < -0.4 is 0 Å². The number of alkyl halides is 2. The van der Waals surface area contributed by atoms with Gasteiger partial charge in [0.05, 0.1) is 16.6 Å². The van der Waals surface area contributed by atoms with E-state index in [2.05, 4.69) is 0 Å². The lowest BCUT2D eigenvalue weighted by molar-refractivity contribution is -0.385. The van der Waals surface area contributed by atoms with Crippen molar-refractivity contribution in [2.24, 2.45) is 0 Å². The summed E-state index contributed by atoms with van der Waals surface area (Å²) >= 11 is 0. The third-order valence-electron chi connectivity index (χ3n) is 1.93. The van der Waals surface area contributed by atoms with E-state index in [1.54, 1.807) is 0 Å². The molecular weight excluding hydrogens is 224 g/mol. The van der Waals surface area contributed by atoms with Crippen molar-refractivity contribution in [3.05, 3.63) is 33.4 Å². The van der Waals surface area contributed by atoms with E-state index in [1.165, 1.54) is 0 Å². The van der Waals surface area contributed by atoms with Crippen molar-refractivity contribution in [2.45, 2.75) is 13.3 Å². The Morgan fingerprint density at radius 3 is 2.44 bits per heavy atom. The summed E-state index contributed by atoms with van der Waals surface area (Å²) in [5.74, 6) is -1.58. The van der Waals surface area contributed by atoms with Crippen LogP contribution in [0, 0.1) is 10.1 Å². The zero-order valence-electron chi connectivity index (χ0n) is 8.11. The topological polar surface area (TPSA) is 80.4 Å². The minimum absolute atomic E-state index is 0.583. The highest BCUT2D eigenvalue weighted by molar-refractivity contribution is 5.98. The van der Waals surface area contributed by atoms with E-state index in [1.807, 2.05) is 0 Å². The van der Waals surface area contributed by atoms with Crippen LogP contribution in [-0.4, -0.2) is 15.8 Å². The summed E-state index contributed by atoms with van der Waals surface area (Å²) in [6, 6.07) is 1.25. The second-order valence-corrected chi connectivity index (χ2v) is 3.04. The van der Waals surface area contributed by atoms with Crippen molar-refractivity contribution in [1.29, 1.82) is 0 Å². The Morgan fingerprint density at radius 1 is 1.50 bits per heavy atom. The Balaban J connectivity index is 3.51. The number of carbonyl (C=O) groups excluding carboxylic acids is 1. The number of aromatic hydroxyl groups is 1. The van der Waals surface area contributed by atoms with Gasteiger partial charge in [-0.1, -0.05) is 0 Å². The summed E-state index contributed by atoms with van der Waals surface area (Å²) in [7, 11) is 0. The molecule has 0 spiro atoms. The zero-order valence-corrected chi connectivity index (χ0v) is 8.11. The Kier molecular flexibility index (Phi) is 3.17. The maximum Gasteiger partial charge on any atom is 0.273 e. The van der Waals surface area contributed by atoms with E-state index in [9.17, 15) is 28.8 Å². The Hall–Kier alpha value is -2.05. The predicted octanol–water partition coefficient (Wildman–Crippen LogP) is 2.44. The molecule has 0 aliphatic rings. The second-order valence-electron chi connectivity index (χ2n) is 3.04. The molecule has 0 aliphatic carbocycles. The molecule has 1 rings (SSSR count). The van der Waals surface area contributed by atoms with Crippen LogP contribution in [0.4, 0.5) is 14.5 Å². The fourth-order valence-electron chi connectivity index (χ4n) is 1.29. The first-order chi connectivity index (χ1) is 7.34. The van der Waals surface area contributed by atoms with Gasteiger partial charge in [0.1, 0.15) is 5.75 Å². The smallest absolute Gasteiger partial charge is 0.273 e. The number of ketones is 1. The predicted molar refractivity (Wildman–Crippen MR) is 49.7 cm³/mol. The van der Waals surface area contributed by atoms with Crippen LogP contribution in [-0.2, 0) is 0 Å². The number of non-ortho nitro benzene ring substituents is 1. The molecule has 1 aromatic rings. The molecule has 0 aliphatic heterocycles. The maximum absolute atomic E-state index is 12.5. The van der Waals surface area contributed by atoms with Gasteiger partial charge in [-0.25, -0.2) is 8.78 Å². The van der Waals surface area contributed by atoms with Crippen LogP contribution in [0.15, 0.2) is 12.1 Å². The number of hydrogen-bond donors (Lipinski definition) is 1. The molecule has 7 heteroatoms. The van der Waals surface area contributed by atoms with E-state index < -0.39 is 39.7 Å². The fourth-order valence-corrected chi connectivity index (χ4v) is 1.29. The fraction of sp³-hybridized carbons (Fsp3) is 0.222. The lowest BCUT2D eigenvalue weighted by atomic mass is 10.0. The van der Waals surface area contributed by atoms with Crippen molar-refractivity contribution in [3.63, 3.8) is 0 Å². The van der Waals surface area contributed by atoms with Crippen molar-refractivity contribution >= 4 is 11.5 Å². The van der Waals surface area contributed by atoms with Gasteiger partial charge in [0, 0.05) is 11.6 Å². The highest BCUT2D eigenvalue weighted by Crippen LogP contribution is 2.33. The monoisotopic (exact) mass is 231 g/mol. The van der Waals surface area contributed by atoms with Crippen LogP contribution in [0.1, 0.15) is 29.3 Å². The Labute approximate surface area is 88.5 Å². The largest absolute Gasteiger partial charge is 0.507 e. The number of phenolic OH excluding ortho intramolecular Hbond substituents is 1. The lowest BCUT2D eigenvalue weighted by Crippen LogP contribution is -2.02. The molecule has 0 fully saturated rings. The van der Waals surface area contributed by atoms with Gasteiger partial charge in [0.25, 0.3) is 12.1 Å². The number of carbonyl (C=O) groups is 1. The van der Waals surface area contributed by atoms with Gasteiger partial charge in [-0.15, -0.1) is 0 Å². The average molecular weight is 231 g/mol. The van der Waals surface area contributed by atoms with Crippen LogP contribution in [0.25, 0.3) is 0 Å². The summed E-state index contributed by atoms with van der Waals surface area (Å²) in [6.07, 6.45) is -3.07. The third-order valence-corrected chi connectivity index (χ3v) is 1.93. The summed E-state index contributed by atoms with van der Waals surface area (Å²) < 4.78 is 25.1. The summed E-state index contributed by atoms with van der Waals surface area (Å²) in [4.78, 5) is 20.5. The van der Waals surface area contributed by atoms with Crippen molar-refractivity contribution < 1.29 is 23.6 Å². The SMILES string of the molecule is CC(=O)c1c(O)cc([N+](=O)[O-])cc1C(F)F. The van der Waals surface area contributed by atoms with Crippen LogP contribution in [0.2, 0.25) is 0 Å². The van der Waals surface area contributed by atoms with Crippen LogP contribution in [0.3, 0.4) is 0 Å². The van der Waals surface area contributed by atoms with Crippen LogP contribution in [0.5, 0.6) is 5.75 Å². The van der Waals surface area contributed by atoms with E-state index >= 15 is 0 Å². The highest BCUT2D eigenvalue weighted by Gasteiger charge is 2.24. The van der Waals surface area contributed by atoms with Crippen molar-refractivity contribution in [2.75, 3.05) is 0 Å². The molecule has 0 amide bonds. The number of nitro groups is 1. The number of nitrogens with zero attached hydrogens (tertiary/aromatic N) is 1. The molecule has 1 N–H and O–H groups in total. The Morgan fingerprint density at radius 2 is 2.06 bits per heavy atom. The normalized spacial score (nSPS) is 10.5. The molecular formula is C9H7F2NO4. The molecule has 1 aromatic carbocycles. The molecule has 16 heavy (non-hydrogen) atoms. The van der Waals surface area contributed by atoms with Gasteiger partial charge in [-0.3, -0.25) is 14.9 Å². The van der Waals surface area contributed by atoms with E-state index in [-0.39, 0.29) is 0 Å². The van der Waals surface area contributed by atoms with Gasteiger partial charge < -0.3 is 5.11 Å². The van der Waals surface area contributed by atoms with Crippen molar-refractivity contribution in [1.82, 2.24) is 0 Å². The quantitative estimate of drug-likeness (QED) is 0.492. The molecule has 86 valence electrons. The molecule has 0 saturated carbocycles. The van der Waals surface area contributed by atoms with E-state index in [4.69, 9.17) is 0 Å². The first-order valence-electron chi connectivity index (χ1n) is 4.15. The minimum Gasteiger partial charge on any atom is -0.507 e. The summed E-state index contributed by atoms with van der Waals surface area (Å²) in [5.41, 5.74) is -2.10. The lowest BCUT2D eigenvalue weighted by Gasteiger charge is -2.07. The van der Waals surface area contributed by atoms with Gasteiger partial charge in [-0.05, 0) is 6.92 Å². The molecule has 0 unspecified atom stereocenters. The second kappa shape index (κ2) is 4.21. The van der Waals surface area contributed by atoms with Crippen LogP contribution >= 0.6 is 0 Å². The number of nitro benzene ring substituents is 1. The van der Waals surface area contributed by atoms with E-state index in [0.717, 1.165) is 6.92 Å². The Bertz CT molecular complexity index is 459. The molecule has 0 atom stereocenters. The minimum atomic E-state index is -3.07. The molecule has 5 nitrogen and oxygen atoms in total. The molecule has 0 aromatic heterocycles. The molecule has 0 bridgehead atoms. The maximum atomic E-state index is 12.5. The van der Waals surface area contributed by atoms with Crippen molar-refractivity contribution in [3.8, 4) is 5.75 Å². The zero-order chi connectivity index (χ0) is 12.5. The third kappa shape index (κ3) is 2.13. The standard InChI is InChI=1S/C9H7F2NO4/c1-4(13)8-6(9(10)11)2-5(12(15)16)3-7(8)14/h2-3,9,14H,1H3. The first kappa shape index (κ1) is 12.0. The summed E-state index contributed by atoms with van der Waals surface area (Å²) in [6.45, 7) is 0.993. The van der Waals surface area contributed by atoms with Gasteiger partial charge in [-0.2, -0.15) is 0 Å². The van der Waals surface area contributed by atoms with E-state index in [0.29, 0.717) is 12.1 Å². The number of halogens is 2. The molecule has 0 radical (unpaired) electrons. The summed E-state index contributed by atoms with van der Waals surface area (Å²) in [5, 5.41) is 19.7. The average Bonchev–Trinajstić information content (AvgIpc) is 2.15. The number of rotatable bonds is 3. The number of benzene rings is 1. The molecule has 0 heterocycles. The number of phenols is 1.